The summed E-state index contributed by atoms with van der Waals surface area (Å²) in [4.78, 5) is 11.1. The van der Waals surface area contributed by atoms with Crippen LogP contribution >= 0.6 is 12.4 Å². The van der Waals surface area contributed by atoms with Crippen LogP contribution in [0.5, 0.6) is 5.75 Å². The third kappa shape index (κ3) is 4.73. The van der Waals surface area contributed by atoms with Crippen molar-refractivity contribution in [1.82, 2.24) is 10.2 Å². The molecule has 1 heterocycles. The number of nitrogens with two attached hydrogens (primary N) is 1. The summed E-state index contributed by atoms with van der Waals surface area (Å²) in [5, 5.41) is 5.73. The molecule has 0 radical (unpaired) electrons. The van der Waals surface area contributed by atoms with Crippen LogP contribution in [0.25, 0.3) is 22.6 Å². The maximum absolute atomic E-state index is 13.4. The molecular weight excluding hydrogens is 399 g/mol. The van der Waals surface area contributed by atoms with Gasteiger partial charge in [-0.1, -0.05) is 12.1 Å². The second-order valence-electron chi connectivity index (χ2n) is 5.86. The Morgan fingerprint density at radius 3 is 2.36 bits per heavy atom. The summed E-state index contributed by atoms with van der Waals surface area (Å²) in [6, 6.07) is 9.60. The highest BCUT2D eigenvalue weighted by molar-refractivity contribution is 5.85. The molecule has 0 bridgehead atoms. The minimum Gasteiger partial charge on any atom is -0.489 e. The number of alkyl halides is 3. The molecule has 2 aromatic carbocycles. The number of halogens is 4. The van der Waals surface area contributed by atoms with Gasteiger partial charge in [0.25, 0.3) is 0 Å². The highest BCUT2D eigenvalue weighted by Crippen LogP contribution is 2.39. The molecule has 0 aliphatic heterocycles. The number of hydrogen-bond acceptors (Lipinski definition) is 5. The molecule has 0 spiro atoms. The van der Waals surface area contributed by atoms with E-state index in [9.17, 15) is 18.0 Å². The van der Waals surface area contributed by atoms with E-state index in [0.717, 1.165) is 6.07 Å². The topological polar surface area (TPSA) is 94.1 Å². The first-order chi connectivity index (χ1) is 12.8. The Morgan fingerprint density at radius 2 is 1.82 bits per heavy atom. The van der Waals surface area contributed by atoms with Gasteiger partial charge in [-0.15, -0.1) is 17.5 Å². The number of nitrogens with zero attached hydrogens (tertiary/aromatic N) is 1. The summed E-state index contributed by atoms with van der Waals surface area (Å²) in [5.74, 6) is -0.381. The third-order valence-electron chi connectivity index (χ3n) is 3.84. The van der Waals surface area contributed by atoms with Crippen molar-refractivity contribution in [2.45, 2.75) is 19.2 Å². The van der Waals surface area contributed by atoms with Crippen LogP contribution in [0.4, 0.5) is 13.2 Å². The average molecular weight is 416 g/mol. The zero-order chi connectivity index (χ0) is 19.6. The second-order valence-corrected chi connectivity index (χ2v) is 5.86. The summed E-state index contributed by atoms with van der Waals surface area (Å²) in [5.41, 5.74) is 5.19. The van der Waals surface area contributed by atoms with Gasteiger partial charge < -0.3 is 14.9 Å². The SMILES string of the molecule is C[C@@H](CN)Oc1ccc(-c2cc(-c3n[nH]c(=O)o3)ccc2C(F)(F)F)cc1.Cl. The lowest BCUT2D eigenvalue weighted by atomic mass is 9.96. The molecule has 0 unspecified atom stereocenters. The minimum absolute atomic E-state index is 0. The fourth-order valence-electron chi connectivity index (χ4n) is 2.51. The molecule has 3 rings (SSSR count). The summed E-state index contributed by atoms with van der Waals surface area (Å²) >= 11 is 0. The average Bonchev–Trinajstić information content (AvgIpc) is 3.07. The molecule has 0 aliphatic rings. The van der Waals surface area contributed by atoms with Crippen molar-refractivity contribution in [3.63, 3.8) is 0 Å². The van der Waals surface area contributed by atoms with Crippen LogP contribution < -0.4 is 16.2 Å². The number of ether oxygens (including phenoxy) is 1. The summed E-state index contributed by atoms with van der Waals surface area (Å²) < 4.78 is 50.7. The largest absolute Gasteiger partial charge is 0.489 e. The fraction of sp³-hybridized carbons (Fsp3) is 0.222. The van der Waals surface area contributed by atoms with Gasteiger partial charge in [0.1, 0.15) is 11.9 Å². The van der Waals surface area contributed by atoms with Crippen molar-refractivity contribution in [3.05, 3.63) is 58.6 Å². The lowest BCUT2D eigenvalue weighted by Gasteiger charge is -2.15. The quantitative estimate of drug-likeness (QED) is 0.659. The maximum Gasteiger partial charge on any atom is 0.434 e. The first-order valence-corrected chi connectivity index (χ1v) is 8.02. The van der Waals surface area contributed by atoms with E-state index in [0.29, 0.717) is 17.9 Å². The summed E-state index contributed by atoms with van der Waals surface area (Å²) in [6.45, 7) is 2.10. The van der Waals surface area contributed by atoms with E-state index in [-0.39, 0.29) is 35.5 Å². The molecule has 0 saturated heterocycles. The molecule has 0 saturated carbocycles. The van der Waals surface area contributed by atoms with Crippen LogP contribution in [0.1, 0.15) is 12.5 Å². The molecule has 0 amide bonds. The summed E-state index contributed by atoms with van der Waals surface area (Å²) in [6.07, 6.45) is -4.77. The van der Waals surface area contributed by atoms with Crippen molar-refractivity contribution in [1.29, 1.82) is 0 Å². The number of H-pyrrole nitrogens is 1. The Hall–Kier alpha value is -2.78. The number of nitrogens with one attached hydrogen (secondary N) is 1. The van der Waals surface area contributed by atoms with Gasteiger partial charge in [-0.05, 0) is 48.4 Å². The molecule has 3 N–H and O–H groups in total. The van der Waals surface area contributed by atoms with Gasteiger partial charge in [0.15, 0.2) is 0 Å². The van der Waals surface area contributed by atoms with Crippen molar-refractivity contribution < 1.29 is 22.3 Å². The third-order valence-corrected chi connectivity index (χ3v) is 3.84. The van der Waals surface area contributed by atoms with Crippen molar-refractivity contribution in [3.8, 4) is 28.3 Å². The predicted octanol–water partition coefficient (Wildman–Crippen LogP) is 3.86. The molecule has 10 heteroatoms. The van der Waals surface area contributed by atoms with E-state index in [1.54, 1.807) is 19.1 Å². The number of hydrogen-bond donors (Lipinski definition) is 2. The Morgan fingerprint density at radius 1 is 1.18 bits per heavy atom. The minimum atomic E-state index is -4.55. The van der Waals surface area contributed by atoms with Gasteiger partial charge >= 0.3 is 11.9 Å². The summed E-state index contributed by atoms with van der Waals surface area (Å²) in [7, 11) is 0. The fourth-order valence-corrected chi connectivity index (χ4v) is 2.51. The Balaban J connectivity index is 0.00000280. The standard InChI is InChI=1S/C18H16F3N3O3.ClH/c1-10(9-22)26-13-5-2-11(3-6-13)14-8-12(16-23-24-17(25)27-16)4-7-15(14)18(19,20)21;/h2-8,10H,9,22H2,1H3,(H,24,25);1H/t10-;/m0./s1. The zero-order valence-electron chi connectivity index (χ0n) is 14.6. The van der Waals surface area contributed by atoms with Crippen LogP contribution in [0.15, 0.2) is 51.7 Å². The Labute approximate surface area is 163 Å². The van der Waals surface area contributed by atoms with Crippen LogP contribution in [-0.4, -0.2) is 22.8 Å². The van der Waals surface area contributed by atoms with Gasteiger partial charge in [0, 0.05) is 12.1 Å². The second kappa shape index (κ2) is 8.49. The van der Waals surface area contributed by atoms with Crippen LogP contribution in [0.2, 0.25) is 0 Å². The van der Waals surface area contributed by atoms with E-state index >= 15 is 0 Å². The zero-order valence-corrected chi connectivity index (χ0v) is 15.4. The number of benzene rings is 2. The molecule has 0 aliphatic carbocycles. The van der Waals surface area contributed by atoms with Gasteiger partial charge in [-0.3, -0.25) is 0 Å². The molecular formula is C18H17ClF3N3O3. The normalized spacial score (nSPS) is 12.3. The smallest absolute Gasteiger partial charge is 0.434 e. The lowest BCUT2D eigenvalue weighted by molar-refractivity contribution is -0.137. The van der Waals surface area contributed by atoms with Gasteiger partial charge in [-0.25, -0.2) is 9.89 Å². The van der Waals surface area contributed by atoms with E-state index < -0.39 is 17.5 Å². The molecule has 28 heavy (non-hydrogen) atoms. The first-order valence-electron chi connectivity index (χ1n) is 8.02. The van der Waals surface area contributed by atoms with E-state index in [4.69, 9.17) is 14.9 Å². The van der Waals surface area contributed by atoms with Crippen LogP contribution in [0, 0.1) is 0 Å². The lowest BCUT2D eigenvalue weighted by Crippen LogP contribution is -2.22. The highest BCUT2D eigenvalue weighted by Gasteiger charge is 2.34. The van der Waals surface area contributed by atoms with Crippen molar-refractivity contribution in [2.75, 3.05) is 6.54 Å². The molecule has 0 fully saturated rings. The Bertz CT molecular complexity index is 984. The number of aromatic amines is 1. The monoisotopic (exact) mass is 415 g/mol. The maximum atomic E-state index is 13.4. The number of aromatic nitrogens is 2. The predicted molar refractivity (Wildman–Crippen MR) is 99.4 cm³/mol. The van der Waals surface area contributed by atoms with E-state index in [1.807, 2.05) is 0 Å². The molecule has 3 aromatic rings. The molecule has 1 aromatic heterocycles. The molecule has 6 nitrogen and oxygen atoms in total. The van der Waals surface area contributed by atoms with Crippen molar-refractivity contribution >= 4 is 12.4 Å². The van der Waals surface area contributed by atoms with E-state index in [1.165, 1.54) is 24.3 Å². The van der Waals surface area contributed by atoms with Crippen LogP contribution in [-0.2, 0) is 6.18 Å². The molecule has 150 valence electrons. The van der Waals surface area contributed by atoms with Gasteiger partial charge in [0.05, 0.1) is 5.56 Å². The van der Waals surface area contributed by atoms with Gasteiger partial charge in [-0.2, -0.15) is 13.2 Å². The van der Waals surface area contributed by atoms with Gasteiger partial charge in [0.2, 0.25) is 5.89 Å². The highest BCUT2D eigenvalue weighted by atomic mass is 35.5. The van der Waals surface area contributed by atoms with Crippen LogP contribution in [0.3, 0.4) is 0 Å². The first kappa shape index (κ1) is 21.5. The van der Waals surface area contributed by atoms with Crippen molar-refractivity contribution in [2.24, 2.45) is 5.73 Å². The Kier molecular flexibility index (Phi) is 6.52. The van der Waals surface area contributed by atoms with E-state index in [2.05, 4.69) is 10.2 Å². The number of rotatable bonds is 5. The molecule has 1 atom stereocenters.